The van der Waals surface area contributed by atoms with Crippen LogP contribution in [0.2, 0.25) is 0 Å². The van der Waals surface area contributed by atoms with Crippen molar-refractivity contribution in [1.29, 1.82) is 0 Å². The van der Waals surface area contributed by atoms with Crippen LogP contribution in [-0.4, -0.2) is 37.0 Å². The van der Waals surface area contributed by atoms with E-state index in [1.165, 1.54) is 11.1 Å². The van der Waals surface area contributed by atoms with Crippen molar-refractivity contribution in [3.8, 4) is 11.1 Å². The van der Waals surface area contributed by atoms with Gasteiger partial charge in [0.15, 0.2) is 0 Å². The van der Waals surface area contributed by atoms with Gasteiger partial charge in [0.1, 0.15) is 6.54 Å². The molecule has 3 heteroatoms. The Kier molecular flexibility index (Phi) is 5.31. The summed E-state index contributed by atoms with van der Waals surface area (Å²) < 4.78 is 0. The highest BCUT2D eigenvalue weighted by molar-refractivity contribution is 5.94. The first-order chi connectivity index (χ1) is 13.3. The summed E-state index contributed by atoms with van der Waals surface area (Å²) in [6.45, 7) is 4.68. The minimum Gasteiger partial charge on any atom is -0.328 e. The van der Waals surface area contributed by atoms with Crippen LogP contribution in [0.1, 0.15) is 15.9 Å². The second-order valence-electron chi connectivity index (χ2n) is 7.15. The number of nitrogens with one attached hydrogen (secondary N) is 1. The second-order valence-corrected chi connectivity index (χ2v) is 7.15. The van der Waals surface area contributed by atoms with Crippen molar-refractivity contribution in [2.24, 2.45) is 0 Å². The van der Waals surface area contributed by atoms with E-state index in [0.29, 0.717) is 0 Å². The van der Waals surface area contributed by atoms with E-state index in [1.807, 2.05) is 47.4 Å². The minimum atomic E-state index is 0.147. The molecule has 1 heterocycles. The maximum absolute atomic E-state index is 12.8. The van der Waals surface area contributed by atoms with Crippen molar-refractivity contribution in [1.82, 2.24) is 4.90 Å². The van der Waals surface area contributed by atoms with Crippen molar-refractivity contribution in [2.45, 2.75) is 6.54 Å². The smallest absolute Gasteiger partial charge is 0.254 e. The van der Waals surface area contributed by atoms with Crippen molar-refractivity contribution in [3.05, 3.63) is 96.1 Å². The van der Waals surface area contributed by atoms with Crippen LogP contribution in [0.5, 0.6) is 0 Å². The van der Waals surface area contributed by atoms with Crippen LogP contribution in [0, 0.1) is 0 Å². The largest absolute Gasteiger partial charge is 0.328 e. The number of benzene rings is 3. The Labute approximate surface area is 160 Å². The summed E-state index contributed by atoms with van der Waals surface area (Å²) in [5, 5.41) is 0. The number of piperazine rings is 1. The SMILES string of the molecule is O=C(c1ccc(-c2ccccc2)cc1)N1CC[NH+](Cc2ccccc2)CC1. The number of carbonyl (C=O) groups excluding carboxylic acids is 1. The standard InChI is InChI=1S/C24H24N2O/c27-24(23-13-11-22(12-14-23)21-9-5-2-6-10-21)26-17-15-25(16-18-26)19-20-7-3-1-4-8-20/h1-14H,15-19H2/p+1. The molecule has 27 heavy (non-hydrogen) atoms. The molecule has 1 N–H and O–H groups in total. The predicted octanol–water partition coefficient (Wildman–Crippen LogP) is 2.89. The van der Waals surface area contributed by atoms with Gasteiger partial charge in [-0.05, 0) is 23.3 Å². The van der Waals surface area contributed by atoms with Gasteiger partial charge in [-0.3, -0.25) is 4.79 Å². The van der Waals surface area contributed by atoms with Crippen molar-refractivity contribution >= 4 is 5.91 Å². The lowest BCUT2D eigenvalue weighted by Crippen LogP contribution is -3.13. The third kappa shape index (κ3) is 4.26. The molecule has 0 aliphatic carbocycles. The van der Waals surface area contributed by atoms with Gasteiger partial charge in [-0.2, -0.15) is 0 Å². The van der Waals surface area contributed by atoms with Crippen LogP contribution in [-0.2, 0) is 6.54 Å². The Balaban J connectivity index is 1.35. The normalized spacial score (nSPS) is 14.9. The zero-order chi connectivity index (χ0) is 18.5. The van der Waals surface area contributed by atoms with E-state index in [-0.39, 0.29) is 5.91 Å². The molecule has 0 saturated carbocycles. The average molecular weight is 357 g/mol. The molecule has 3 aromatic rings. The monoisotopic (exact) mass is 357 g/mol. The molecule has 0 unspecified atom stereocenters. The highest BCUT2D eigenvalue weighted by Gasteiger charge is 2.24. The number of quaternary nitrogens is 1. The zero-order valence-corrected chi connectivity index (χ0v) is 15.5. The molecule has 0 bridgehead atoms. The molecule has 136 valence electrons. The van der Waals surface area contributed by atoms with Crippen molar-refractivity contribution < 1.29 is 9.69 Å². The zero-order valence-electron chi connectivity index (χ0n) is 15.5. The lowest BCUT2D eigenvalue weighted by molar-refractivity contribution is -0.917. The molecule has 0 radical (unpaired) electrons. The second kappa shape index (κ2) is 8.19. The van der Waals surface area contributed by atoms with Crippen LogP contribution in [0.4, 0.5) is 0 Å². The number of hydrogen-bond donors (Lipinski definition) is 1. The first kappa shape index (κ1) is 17.5. The third-order valence-electron chi connectivity index (χ3n) is 5.29. The first-order valence-corrected chi connectivity index (χ1v) is 9.62. The van der Waals surface area contributed by atoms with E-state index in [2.05, 4.69) is 42.5 Å². The number of rotatable bonds is 4. The molecule has 3 nitrogen and oxygen atoms in total. The Bertz CT molecular complexity index is 867. The molecular weight excluding hydrogens is 332 g/mol. The van der Waals surface area contributed by atoms with Crippen molar-refractivity contribution in [3.63, 3.8) is 0 Å². The van der Waals surface area contributed by atoms with Gasteiger partial charge >= 0.3 is 0 Å². The summed E-state index contributed by atoms with van der Waals surface area (Å²) in [6, 6.07) is 28.8. The molecule has 1 aliphatic rings. The highest BCUT2D eigenvalue weighted by atomic mass is 16.2. The van der Waals surface area contributed by atoms with Gasteiger partial charge in [0.2, 0.25) is 0 Å². The highest BCUT2D eigenvalue weighted by Crippen LogP contribution is 2.19. The molecule has 1 fully saturated rings. The van der Waals surface area contributed by atoms with E-state index < -0.39 is 0 Å². The van der Waals surface area contributed by atoms with E-state index in [4.69, 9.17) is 0 Å². The Morgan fingerprint density at radius 2 is 1.30 bits per heavy atom. The fourth-order valence-electron chi connectivity index (χ4n) is 3.71. The molecule has 1 saturated heterocycles. The molecule has 3 aromatic carbocycles. The van der Waals surface area contributed by atoms with Gasteiger partial charge < -0.3 is 9.80 Å². The van der Waals surface area contributed by atoms with Gasteiger partial charge in [0.25, 0.3) is 5.91 Å². The van der Waals surface area contributed by atoms with Crippen LogP contribution < -0.4 is 4.90 Å². The first-order valence-electron chi connectivity index (χ1n) is 9.62. The van der Waals surface area contributed by atoms with Gasteiger partial charge in [-0.1, -0.05) is 72.8 Å². The number of amides is 1. The fourth-order valence-corrected chi connectivity index (χ4v) is 3.71. The minimum absolute atomic E-state index is 0.147. The molecule has 0 spiro atoms. The summed E-state index contributed by atoms with van der Waals surface area (Å²) in [6.07, 6.45) is 0. The van der Waals surface area contributed by atoms with E-state index in [1.54, 1.807) is 4.90 Å². The summed E-state index contributed by atoms with van der Waals surface area (Å²) in [5.41, 5.74) is 4.46. The van der Waals surface area contributed by atoms with Crippen molar-refractivity contribution in [2.75, 3.05) is 26.2 Å². The quantitative estimate of drug-likeness (QED) is 0.763. The molecular formula is C24H25N2O+. The molecule has 4 rings (SSSR count). The van der Waals surface area contributed by atoms with Crippen LogP contribution in [0.25, 0.3) is 11.1 Å². The number of hydrogen-bond acceptors (Lipinski definition) is 1. The third-order valence-corrected chi connectivity index (χ3v) is 5.29. The van der Waals surface area contributed by atoms with Gasteiger partial charge in [0.05, 0.1) is 26.2 Å². The number of carbonyl (C=O) groups is 1. The van der Waals surface area contributed by atoms with Gasteiger partial charge in [0, 0.05) is 11.1 Å². The van der Waals surface area contributed by atoms with Gasteiger partial charge in [-0.25, -0.2) is 0 Å². The summed E-state index contributed by atoms with van der Waals surface area (Å²) >= 11 is 0. The van der Waals surface area contributed by atoms with Crippen LogP contribution in [0.15, 0.2) is 84.9 Å². The fraction of sp³-hybridized carbons (Fsp3) is 0.208. The maximum Gasteiger partial charge on any atom is 0.254 e. The maximum atomic E-state index is 12.8. The summed E-state index contributed by atoms with van der Waals surface area (Å²) in [4.78, 5) is 16.4. The molecule has 0 atom stereocenters. The summed E-state index contributed by atoms with van der Waals surface area (Å²) in [5.74, 6) is 0.147. The lowest BCUT2D eigenvalue weighted by atomic mass is 10.0. The van der Waals surface area contributed by atoms with Gasteiger partial charge in [-0.15, -0.1) is 0 Å². The predicted molar refractivity (Wildman–Crippen MR) is 109 cm³/mol. The molecule has 1 aliphatic heterocycles. The summed E-state index contributed by atoms with van der Waals surface area (Å²) in [7, 11) is 0. The lowest BCUT2D eigenvalue weighted by Gasteiger charge is -2.32. The van der Waals surface area contributed by atoms with E-state index in [9.17, 15) is 4.79 Å². The van der Waals surface area contributed by atoms with E-state index in [0.717, 1.165) is 43.9 Å². The number of nitrogens with zero attached hydrogens (tertiary/aromatic N) is 1. The molecule has 1 amide bonds. The molecule has 0 aromatic heterocycles. The Hall–Kier alpha value is -2.91. The topological polar surface area (TPSA) is 24.8 Å². The Morgan fingerprint density at radius 3 is 1.93 bits per heavy atom. The average Bonchev–Trinajstić information content (AvgIpc) is 2.75. The van der Waals surface area contributed by atoms with E-state index >= 15 is 0 Å². The van der Waals surface area contributed by atoms with Crippen LogP contribution in [0.3, 0.4) is 0 Å². The Morgan fingerprint density at radius 1 is 0.741 bits per heavy atom. The van der Waals surface area contributed by atoms with Crippen LogP contribution >= 0.6 is 0 Å².